The zero-order chi connectivity index (χ0) is 11.7. The third-order valence-electron chi connectivity index (χ3n) is 3.64. The molecule has 1 aromatic rings. The highest BCUT2D eigenvalue weighted by atomic mass is 79.9. The van der Waals surface area contributed by atoms with E-state index < -0.39 is 0 Å². The summed E-state index contributed by atoms with van der Waals surface area (Å²) in [5, 5.41) is 0. The van der Waals surface area contributed by atoms with Gasteiger partial charge in [-0.25, -0.2) is 0 Å². The van der Waals surface area contributed by atoms with Crippen molar-refractivity contribution >= 4 is 21.6 Å². The van der Waals surface area contributed by atoms with Gasteiger partial charge in [0, 0.05) is 36.3 Å². The van der Waals surface area contributed by atoms with Crippen LogP contribution in [0.2, 0.25) is 0 Å². The second kappa shape index (κ2) is 4.96. The van der Waals surface area contributed by atoms with Crippen molar-refractivity contribution in [3.63, 3.8) is 0 Å². The highest BCUT2D eigenvalue weighted by molar-refractivity contribution is 9.10. The summed E-state index contributed by atoms with van der Waals surface area (Å²) in [5.41, 5.74) is 1.33. The summed E-state index contributed by atoms with van der Waals surface area (Å²) in [6.07, 6.45) is 0. The van der Waals surface area contributed by atoms with Crippen LogP contribution in [0.4, 0.5) is 5.69 Å². The van der Waals surface area contributed by atoms with Crippen molar-refractivity contribution in [3.8, 4) is 0 Å². The maximum Gasteiger partial charge on any atom is 0.0645 e. The predicted octanol–water partition coefficient (Wildman–Crippen LogP) is 1.97. The Bertz CT molecular complexity index is 370. The number of nitrogens with zero attached hydrogens (tertiary/aromatic N) is 2. The maximum absolute atomic E-state index is 5.25. The minimum Gasteiger partial charge on any atom is -0.378 e. The topological polar surface area (TPSA) is 15.7 Å². The van der Waals surface area contributed by atoms with Crippen LogP contribution < -0.4 is 4.90 Å². The Kier molecular flexibility index (Phi) is 3.36. The van der Waals surface area contributed by atoms with Crippen LogP contribution in [0.25, 0.3) is 0 Å². The first-order valence-electron chi connectivity index (χ1n) is 6.15. The number of benzene rings is 1. The monoisotopic (exact) mass is 296 g/mol. The fraction of sp³-hybridized carbons (Fsp3) is 0.538. The number of hydrogen-bond donors (Lipinski definition) is 0. The molecule has 0 bridgehead atoms. The quantitative estimate of drug-likeness (QED) is 0.830. The molecule has 92 valence electrons. The van der Waals surface area contributed by atoms with E-state index in [2.05, 4.69) is 50.0 Å². The van der Waals surface area contributed by atoms with Crippen molar-refractivity contribution in [2.24, 2.45) is 0 Å². The minimum atomic E-state index is 0.682. The third kappa shape index (κ3) is 2.49. The number of rotatable bonds is 2. The Hall–Kier alpha value is -0.580. The molecule has 0 saturated carbocycles. The SMILES string of the molecule is Brc1ccc(N2CCN(C3COC3)CC2)cc1. The van der Waals surface area contributed by atoms with E-state index >= 15 is 0 Å². The number of ether oxygens (including phenoxy) is 1. The molecule has 2 aliphatic rings. The normalized spacial score (nSPS) is 22.5. The Labute approximate surface area is 110 Å². The maximum atomic E-state index is 5.25. The average molecular weight is 297 g/mol. The molecule has 3 nitrogen and oxygen atoms in total. The second-order valence-corrected chi connectivity index (χ2v) is 5.61. The summed E-state index contributed by atoms with van der Waals surface area (Å²) < 4.78 is 6.40. The summed E-state index contributed by atoms with van der Waals surface area (Å²) in [5.74, 6) is 0. The van der Waals surface area contributed by atoms with Gasteiger partial charge in [-0.2, -0.15) is 0 Å². The van der Waals surface area contributed by atoms with Crippen LogP contribution in [0.5, 0.6) is 0 Å². The van der Waals surface area contributed by atoms with Crippen LogP contribution in [0, 0.1) is 0 Å². The molecule has 0 atom stereocenters. The number of halogens is 1. The van der Waals surface area contributed by atoms with Gasteiger partial charge in [0.25, 0.3) is 0 Å². The van der Waals surface area contributed by atoms with Crippen LogP contribution >= 0.6 is 15.9 Å². The van der Waals surface area contributed by atoms with Crippen molar-refractivity contribution in [1.29, 1.82) is 0 Å². The predicted molar refractivity (Wildman–Crippen MR) is 72.5 cm³/mol. The summed E-state index contributed by atoms with van der Waals surface area (Å²) >= 11 is 3.47. The smallest absolute Gasteiger partial charge is 0.0645 e. The Morgan fingerprint density at radius 2 is 1.65 bits per heavy atom. The Balaban J connectivity index is 1.58. The van der Waals surface area contributed by atoms with Crippen LogP contribution in [0.1, 0.15) is 0 Å². The van der Waals surface area contributed by atoms with Crippen LogP contribution in [0.3, 0.4) is 0 Å². The van der Waals surface area contributed by atoms with E-state index in [9.17, 15) is 0 Å². The molecular formula is C13H17BrN2O. The molecule has 2 aliphatic heterocycles. The molecule has 2 heterocycles. The molecule has 1 aromatic carbocycles. The first kappa shape index (κ1) is 11.5. The van der Waals surface area contributed by atoms with Crippen LogP contribution in [-0.4, -0.2) is 50.3 Å². The molecule has 2 saturated heterocycles. The lowest BCUT2D eigenvalue weighted by molar-refractivity contribution is -0.0660. The highest BCUT2D eigenvalue weighted by Gasteiger charge is 2.28. The Morgan fingerprint density at radius 3 is 2.18 bits per heavy atom. The van der Waals surface area contributed by atoms with Gasteiger partial charge >= 0.3 is 0 Å². The minimum absolute atomic E-state index is 0.682. The van der Waals surface area contributed by atoms with Gasteiger partial charge in [-0.3, -0.25) is 4.90 Å². The van der Waals surface area contributed by atoms with Gasteiger partial charge in [-0.15, -0.1) is 0 Å². The summed E-state index contributed by atoms with van der Waals surface area (Å²) in [6, 6.07) is 9.28. The van der Waals surface area contributed by atoms with Crippen molar-refractivity contribution in [2.75, 3.05) is 44.3 Å². The number of piperazine rings is 1. The molecule has 4 heteroatoms. The average Bonchev–Trinajstić information content (AvgIpc) is 2.29. The van der Waals surface area contributed by atoms with Crippen molar-refractivity contribution < 1.29 is 4.74 Å². The largest absolute Gasteiger partial charge is 0.378 e. The first-order chi connectivity index (χ1) is 8.33. The first-order valence-corrected chi connectivity index (χ1v) is 6.94. The molecule has 2 fully saturated rings. The fourth-order valence-corrected chi connectivity index (χ4v) is 2.70. The fourth-order valence-electron chi connectivity index (χ4n) is 2.43. The highest BCUT2D eigenvalue weighted by Crippen LogP contribution is 2.21. The van der Waals surface area contributed by atoms with E-state index in [-0.39, 0.29) is 0 Å². The lowest BCUT2D eigenvalue weighted by Gasteiger charge is -2.43. The molecule has 17 heavy (non-hydrogen) atoms. The molecule has 0 spiro atoms. The molecule has 0 aliphatic carbocycles. The summed E-state index contributed by atoms with van der Waals surface area (Å²) in [4.78, 5) is 5.02. The van der Waals surface area contributed by atoms with Gasteiger partial charge in [0.15, 0.2) is 0 Å². The zero-order valence-corrected chi connectivity index (χ0v) is 11.4. The number of hydrogen-bond acceptors (Lipinski definition) is 3. The summed E-state index contributed by atoms with van der Waals surface area (Å²) in [6.45, 7) is 6.42. The molecular weight excluding hydrogens is 280 g/mol. The molecule has 0 amide bonds. The Morgan fingerprint density at radius 1 is 1.00 bits per heavy atom. The van der Waals surface area contributed by atoms with E-state index in [1.807, 2.05) is 0 Å². The second-order valence-electron chi connectivity index (χ2n) is 4.69. The lowest BCUT2D eigenvalue weighted by atomic mass is 10.1. The molecule has 0 aromatic heterocycles. The van der Waals surface area contributed by atoms with Crippen molar-refractivity contribution in [3.05, 3.63) is 28.7 Å². The van der Waals surface area contributed by atoms with Gasteiger partial charge in [0.2, 0.25) is 0 Å². The van der Waals surface area contributed by atoms with E-state index in [0.29, 0.717) is 6.04 Å². The molecule has 3 rings (SSSR count). The van der Waals surface area contributed by atoms with Gasteiger partial charge in [-0.1, -0.05) is 15.9 Å². The van der Waals surface area contributed by atoms with E-state index in [1.165, 1.54) is 5.69 Å². The van der Waals surface area contributed by atoms with Gasteiger partial charge in [0.05, 0.1) is 19.3 Å². The van der Waals surface area contributed by atoms with E-state index in [0.717, 1.165) is 43.9 Å². The summed E-state index contributed by atoms with van der Waals surface area (Å²) in [7, 11) is 0. The zero-order valence-electron chi connectivity index (χ0n) is 9.81. The van der Waals surface area contributed by atoms with E-state index in [4.69, 9.17) is 4.74 Å². The third-order valence-corrected chi connectivity index (χ3v) is 4.17. The molecule has 0 N–H and O–H groups in total. The van der Waals surface area contributed by atoms with E-state index in [1.54, 1.807) is 0 Å². The lowest BCUT2D eigenvalue weighted by Crippen LogP contribution is -2.56. The van der Waals surface area contributed by atoms with Crippen molar-refractivity contribution in [1.82, 2.24) is 4.90 Å². The number of anilines is 1. The standard InChI is InChI=1S/C13H17BrN2O/c14-11-1-3-12(4-2-11)15-5-7-16(8-6-15)13-9-17-10-13/h1-4,13H,5-10H2. The van der Waals surface area contributed by atoms with Crippen molar-refractivity contribution in [2.45, 2.75) is 6.04 Å². The van der Waals surface area contributed by atoms with Gasteiger partial charge < -0.3 is 9.64 Å². The van der Waals surface area contributed by atoms with Crippen LogP contribution in [-0.2, 0) is 4.74 Å². The van der Waals surface area contributed by atoms with Crippen LogP contribution in [0.15, 0.2) is 28.7 Å². The molecule has 0 radical (unpaired) electrons. The van der Waals surface area contributed by atoms with Gasteiger partial charge in [-0.05, 0) is 24.3 Å². The molecule has 0 unspecified atom stereocenters. The van der Waals surface area contributed by atoms with Gasteiger partial charge in [0.1, 0.15) is 0 Å².